The standard InChI is InChI=1S/2Fe.Hg.O. The zero-order valence-corrected chi connectivity index (χ0v) is 9.53. The molecule has 0 N–H and O–H groups in total. The summed E-state index contributed by atoms with van der Waals surface area (Å²) in [6.07, 6.45) is 0. The van der Waals surface area contributed by atoms with Crippen molar-refractivity contribution >= 4 is 0 Å². The van der Waals surface area contributed by atoms with Crippen molar-refractivity contribution in [3.8, 4) is 0 Å². The zero-order valence-electron chi connectivity index (χ0n) is 1.82. The third-order valence-electron chi connectivity index (χ3n) is 0. The van der Waals surface area contributed by atoms with E-state index < -0.39 is 0 Å². The molecule has 0 saturated carbocycles. The predicted molar refractivity (Wildman–Crippen MR) is 0.686 cm³/mol. The van der Waals surface area contributed by atoms with Crippen LogP contribution in [0.25, 0.3) is 0 Å². The summed E-state index contributed by atoms with van der Waals surface area (Å²) in [5, 5.41) is 0. The first-order chi connectivity index (χ1) is 1.00. The topological polar surface area (TPSA) is 17.1 Å². The first-order valence-corrected chi connectivity index (χ1v) is 0.595. The summed E-state index contributed by atoms with van der Waals surface area (Å²) in [7, 11) is 0. The predicted octanol–water partition coefficient (Wildman–Crippen LogP) is -0.126. The zero-order chi connectivity index (χ0) is 2.00. The van der Waals surface area contributed by atoms with Crippen LogP contribution in [0.3, 0.4) is 0 Å². The van der Waals surface area contributed by atoms with Gasteiger partial charge in [-0.1, -0.05) is 0 Å². The van der Waals surface area contributed by atoms with E-state index in [2.05, 4.69) is 0 Å². The first-order valence-electron chi connectivity index (χ1n) is 0.144. The van der Waals surface area contributed by atoms with E-state index in [1.165, 1.54) is 0 Å². The van der Waals surface area contributed by atoms with Gasteiger partial charge < -0.3 is 0 Å². The van der Waals surface area contributed by atoms with Crippen LogP contribution in [0.5, 0.6) is 0 Å². The Kier molecular flexibility index (Phi) is 92.4. The van der Waals surface area contributed by atoms with Crippen LogP contribution in [-0.2, 0) is 64.5 Å². The summed E-state index contributed by atoms with van der Waals surface area (Å²) in [5.74, 6) is 0. The third-order valence-corrected chi connectivity index (χ3v) is 0. The molecule has 0 heterocycles. The summed E-state index contributed by atoms with van der Waals surface area (Å²) in [4.78, 5) is 0. The van der Waals surface area contributed by atoms with Crippen LogP contribution in [0.4, 0.5) is 0 Å². The monoisotopic (exact) mass is 330 g/mol. The maximum absolute atomic E-state index is 8.00. The molecular weight excluding hydrogens is 328 g/mol. The number of hydrogen-bond donors (Lipinski definition) is 0. The summed E-state index contributed by atoms with van der Waals surface area (Å²) in [6, 6.07) is 0. The molecule has 0 amide bonds. The molecule has 0 aromatic rings. The molecule has 0 fully saturated rings. The molecule has 0 aromatic heterocycles. The molecule has 0 aliphatic rings. The molecular formula is Fe2HgO. The minimum atomic E-state index is 0. The van der Waals surface area contributed by atoms with E-state index in [-0.39, 0.29) is 44.7 Å². The molecule has 0 saturated heterocycles. The van der Waals surface area contributed by atoms with Gasteiger partial charge >= 0.3 is 19.8 Å². The fourth-order valence-corrected chi connectivity index (χ4v) is 0. The fraction of sp³-hybridized carbons (Fsp3) is 0. The second kappa shape index (κ2) is 21.6. The number of rotatable bonds is 0. The fourth-order valence-electron chi connectivity index (χ4n) is 0. The van der Waals surface area contributed by atoms with Crippen molar-refractivity contribution in [1.82, 2.24) is 0 Å². The van der Waals surface area contributed by atoms with Crippen molar-refractivity contribution in [2.75, 3.05) is 0 Å². The van der Waals surface area contributed by atoms with Gasteiger partial charge in [0.1, 0.15) is 0 Å². The van der Waals surface area contributed by atoms with Crippen LogP contribution in [0.15, 0.2) is 0 Å². The quantitative estimate of drug-likeness (QED) is 0.567. The summed E-state index contributed by atoms with van der Waals surface area (Å²) >= 11 is 2.00. The van der Waals surface area contributed by atoms with Crippen LogP contribution in [-0.4, -0.2) is 0 Å². The van der Waals surface area contributed by atoms with Crippen LogP contribution in [0.2, 0.25) is 0 Å². The van der Waals surface area contributed by atoms with E-state index in [4.69, 9.17) is 3.83 Å². The van der Waals surface area contributed by atoms with Crippen molar-refractivity contribution in [1.29, 1.82) is 0 Å². The van der Waals surface area contributed by atoms with Crippen molar-refractivity contribution in [3.05, 3.63) is 0 Å². The summed E-state index contributed by atoms with van der Waals surface area (Å²) < 4.78 is 8.00. The molecule has 0 rings (SSSR count). The van der Waals surface area contributed by atoms with Crippen molar-refractivity contribution in [2.24, 2.45) is 0 Å². The molecule has 0 spiro atoms. The summed E-state index contributed by atoms with van der Waals surface area (Å²) in [5.41, 5.74) is 0. The molecule has 1 nitrogen and oxygen atoms in total. The van der Waals surface area contributed by atoms with Crippen molar-refractivity contribution < 1.29 is 64.5 Å². The van der Waals surface area contributed by atoms with Crippen molar-refractivity contribution in [2.45, 2.75) is 0 Å². The minimum absolute atomic E-state index is 0. The van der Waals surface area contributed by atoms with Crippen molar-refractivity contribution in [3.63, 3.8) is 0 Å². The van der Waals surface area contributed by atoms with Gasteiger partial charge in [0.2, 0.25) is 0 Å². The Balaban J connectivity index is -0.00000000500. The molecule has 0 aliphatic carbocycles. The van der Waals surface area contributed by atoms with E-state index in [1.807, 2.05) is 15.9 Å². The molecule has 0 bridgehead atoms. The second-order valence-electron chi connectivity index (χ2n) is 0. The molecule has 0 aromatic carbocycles. The maximum atomic E-state index is 8.00. The summed E-state index contributed by atoms with van der Waals surface area (Å²) in [6.45, 7) is 0. The van der Waals surface area contributed by atoms with E-state index in [0.717, 1.165) is 0 Å². The average Bonchev–Trinajstić information content (AvgIpc) is 1.00. The third kappa shape index (κ3) is 9.23. The van der Waals surface area contributed by atoms with Gasteiger partial charge in [0.05, 0.1) is 0 Å². The Bertz CT molecular complexity index is 6.00. The van der Waals surface area contributed by atoms with Crippen LogP contribution in [0.1, 0.15) is 0 Å². The van der Waals surface area contributed by atoms with Crippen LogP contribution < -0.4 is 0 Å². The Labute approximate surface area is 63.9 Å². The Hall–Kier alpha value is 1.77. The number of hydrogen-bond acceptors (Lipinski definition) is 1. The SMILES string of the molecule is [Fe].[Hg].[O]=[Fe]. The molecule has 4 heavy (non-hydrogen) atoms. The van der Waals surface area contributed by atoms with Gasteiger partial charge in [-0.25, -0.2) is 0 Å². The molecule has 0 atom stereocenters. The molecule has 4 heteroatoms. The first kappa shape index (κ1) is 17.1. The molecule has 0 aliphatic heterocycles. The Morgan fingerprint density at radius 3 is 1.25 bits per heavy atom. The molecule has 24 valence electrons. The van der Waals surface area contributed by atoms with E-state index >= 15 is 0 Å². The molecule has 0 unspecified atom stereocenters. The van der Waals surface area contributed by atoms with E-state index in [9.17, 15) is 0 Å². The van der Waals surface area contributed by atoms with Gasteiger partial charge in [-0.2, -0.15) is 0 Å². The van der Waals surface area contributed by atoms with Gasteiger partial charge in [-0.15, -0.1) is 0 Å². The van der Waals surface area contributed by atoms with Gasteiger partial charge in [0, 0.05) is 44.7 Å². The van der Waals surface area contributed by atoms with Gasteiger partial charge in [0.25, 0.3) is 0 Å². The van der Waals surface area contributed by atoms with Crippen LogP contribution >= 0.6 is 0 Å². The average molecular weight is 328 g/mol. The Morgan fingerprint density at radius 1 is 1.25 bits per heavy atom. The second-order valence-corrected chi connectivity index (χ2v) is 0. The van der Waals surface area contributed by atoms with Crippen LogP contribution in [0, 0.1) is 0 Å². The van der Waals surface area contributed by atoms with Gasteiger partial charge in [0.15, 0.2) is 0 Å². The van der Waals surface area contributed by atoms with Gasteiger partial charge in [-0.05, 0) is 0 Å². The Morgan fingerprint density at radius 2 is 1.25 bits per heavy atom. The normalized spacial score (nSPS) is 1.25. The van der Waals surface area contributed by atoms with Gasteiger partial charge in [-0.3, -0.25) is 0 Å². The van der Waals surface area contributed by atoms with E-state index in [1.54, 1.807) is 0 Å². The molecule has 0 radical (unpaired) electrons. The van der Waals surface area contributed by atoms with E-state index in [0.29, 0.717) is 0 Å².